The predicted octanol–water partition coefficient (Wildman–Crippen LogP) is 3.29. The van der Waals surface area contributed by atoms with E-state index in [9.17, 15) is 4.79 Å². The van der Waals surface area contributed by atoms with Crippen LogP contribution in [0.25, 0.3) is 0 Å². The van der Waals surface area contributed by atoms with Crippen LogP contribution in [0.2, 0.25) is 5.02 Å². The molecule has 0 aliphatic carbocycles. The van der Waals surface area contributed by atoms with Crippen molar-refractivity contribution < 1.29 is 14.3 Å². The Balaban J connectivity index is 0.00000288. The minimum Gasteiger partial charge on any atom is -0.493 e. The number of hydrogen-bond donors (Lipinski definition) is 2. The summed E-state index contributed by atoms with van der Waals surface area (Å²) in [5.41, 5.74) is 0.480. The Bertz CT molecular complexity index is 555. The van der Waals surface area contributed by atoms with Crippen molar-refractivity contribution in [3.63, 3.8) is 0 Å². The molecule has 0 radical (unpaired) electrons. The number of amides is 1. The highest BCUT2D eigenvalue weighted by Gasteiger charge is 2.24. The molecule has 7 heteroatoms. The number of nitrogens with one attached hydrogen (secondary N) is 2. The number of benzene rings is 1. The molecule has 0 bridgehead atoms. The van der Waals surface area contributed by atoms with Gasteiger partial charge in [-0.3, -0.25) is 4.79 Å². The summed E-state index contributed by atoms with van der Waals surface area (Å²) in [6.45, 7) is 6.50. The second kappa shape index (κ2) is 9.97. The maximum absolute atomic E-state index is 12.5. The Morgan fingerprint density at radius 2 is 2.21 bits per heavy atom. The van der Waals surface area contributed by atoms with E-state index in [1.54, 1.807) is 19.2 Å². The highest BCUT2D eigenvalue weighted by molar-refractivity contribution is 6.32. The molecule has 1 amide bonds. The average Bonchev–Trinajstić information content (AvgIpc) is 2.55. The number of piperidine rings is 1. The monoisotopic (exact) mass is 376 g/mol. The molecular formula is C17H26Cl2N2O3. The first-order chi connectivity index (χ1) is 11.1. The van der Waals surface area contributed by atoms with E-state index in [1.807, 2.05) is 6.92 Å². The van der Waals surface area contributed by atoms with Gasteiger partial charge in [0, 0.05) is 18.2 Å². The van der Waals surface area contributed by atoms with Crippen molar-refractivity contribution in [3.8, 4) is 11.5 Å². The number of carbonyl (C=O) groups is 1. The second-order valence-electron chi connectivity index (χ2n) is 5.89. The third kappa shape index (κ3) is 5.16. The molecule has 136 valence electrons. The van der Waals surface area contributed by atoms with Gasteiger partial charge in [0.15, 0.2) is 11.5 Å². The lowest BCUT2D eigenvalue weighted by Crippen LogP contribution is -2.50. The summed E-state index contributed by atoms with van der Waals surface area (Å²) in [6.07, 6.45) is 1.92. The van der Waals surface area contributed by atoms with Gasteiger partial charge in [-0.05, 0) is 37.4 Å². The van der Waals surface area contributed by atoms with E-state index in [2.05, 4.69) is 17.6 Å². The third-order valence-corrected chi connectivity index (χ3v) is 4.37. The number of methoxy groups -OCH3 is 1. The quantitative estimate of drug-likeness (QED) is 0.799. The fourth-order valence-electron chi connectivity index (χ4n) is 2.63. The van der Waals surface area contributed by atoms with Crippen LogP contribution in [0.5, 0.6) is 11.5 Å². The van der Waals surface area contributed by atoms with Gasteiger partial charge in [0.1, 0.15) is 0 Å². The van der Waals surface area contributed by atoms with Gasteiger partial charge < -0.3 is 20.1 Å². The van der Waals surface area contributed by atoms with Crippen molar-refractivity contribution in [2.45, 2.75) is 32.7 Å². The van der Waals surface area contributed by atoms with Crippen LogP contribution in [0.4, 0.5) is 0 Å². The SMILES string of the molecule is CCCOc1c(Cl)cc(C(=O)NC2CNCCC2C)cc1OC.Cl. The number of rotatable bonds is 6. The summed E-state index contributed by atoms with van der Waals surface area (Å²) in [5, 5.41) is 6.76. The number of halogens is 2. The van der Waals surface area contributed by atoms with Gasteiger partial charge in [-0.1, -0.05) is 25.4 Å². The lowest BCUT2D eigenvalue weighted by molar-refractivity contribution is 0.0915. The zero-order valence-corrected chi connectivity index (χ0v) is 15.9. The molecular weight excluding hydrogens is 351 g/mol. The minimum absolute atomic E-state index is 0. The molecule has 5 nitrogen and oxygen atoms in total. The largest absolute Gasteiger partial charge is 0.493 e. The molecule has 1 aromatic carbocycles. The van der Waals surface area contributed by atoms with Crippen molar-refractivity contribution >= 4 is 29.9 Å². The maximum Gasteiger partial charge on any atom is 0.251 e. The molecule has 2 atom stereocenters. The summed E-state index contributed by atoms with van der Waals surface area (Å²) >= 11 is 6.27. The number of ether oxygens (including phenoxy) is 2. The molecule has 2 unspecified atom stereocenters. The third-order valence-electron chi connectivity index (χ3n) is 4.09. The van der Waals surface area contributed by atoms with Crippen molar-refractivity contribution in [1.82, 2.24) is 10.6 Å². The Morgan fingerprint density at radius 3 is 2.83 bits per heavy atom. The van der Waals surface area contributed by atoms with E-state index in [0.29, 0.717) is 34.6 Å². The first-order valence-corrected chi connectivity index (χ1v) is 8.46. The molecule has 1 heterocycles. The zero-order valence-electron chi connectivity index (χ0n) is 14.4. The van der Waals surface area contributed by atoms with Crippen molar-refractivity contribution in [2.24, 2.45) is 5.92 Å². The summed E-state index contributed by atoms with van der Waals surface area (Å²) in [6, 6.07) is 3.43. The average molecular weight is 377 g/mol. The Hall–Kier alpha value is -1.17. The van der Waals surface area contributed by atoms with Crippen LogP contribution in [0, 0.1) is 5.92 Å². The lowest BCUT2D eigenvalue weighted by atomic mass is 9.94. The Kier molecular flexibility index (Phi) is 8.67. The van der Waals surface area contributed by atoms with Gasteiger partial charge in [0.05, 0.1) is 18.7 Å². The standard InChI is InChI=1S/C17H25ClN2O3.ClH/c1-4-7-23-16-13(18)8-12(9-15(16)22-3)17(21)20-14-10-19-6-5-11(14)2;/h8-9,11,14,19H,4-7,10H2,1-3H3,(H,20,21);1H. The molecule has 2 rings (SSSR count). The Morgan fingerprint density at radius 1 is 1.46 bits per heavy atom. The summed E-state index contributed by atoms with van der Waals surface area (Å²) in [7, 11) is 1.54. The van der Waals surface area contributed by atoms with E-state index in [4.69, 9.17) is 21.1 Å². The molecule has 1 aliphatic rings. The highest BCUT2D eigenvalue weighted by Crippen LogP contribution is 2.36. The van der Waals surface area contributed by atoms with E-state index >= 15 is 0 Å². The molecule has 0 saturated carbocycles. The molecule has 0 spiro atoms. The molecule has 1 saturated heterocycles. The van der Waals surface area contributed by atoms with Crippen LogP contribution < -0.4 is 20.1 Å². The minimum atomic E-state index is -0.146. The normalized spacial score (nSPS) is 20.0. The zero-order chi connectivity index (χ0) is 16.8. The lowest BCUT2D eigenvalue weighted by Gasteiger charge is -2.30. The van der Waals surface area contributed by atoms with Crippen LogP contribution >= 0.6 is 24.0 Å². The highest BCUT2D eigenvalue weighted by atomic mass is 35.5. The van der Waals surface area contributed by atoms with Crippen LogP contribution in [-0.4, -0.2) is 38.8 Å². The fourth-order valence-corrected chi connectivity index (χ4v) is 2.90. The van der Waals surface area contributed by atoms with Crippen LogP contribution in [0.3, 0.4) is 0 Å². The molecule has 2 N–H and O–H groups in total. The number of carbonyl (C=O) groups excluding carboxylic acids is 1. The molecule has 1 fully saturated rings. The van der Waals surface area contributed by atoms with Gasteiger partial charge in [0.25, 0.3) is 5.91 Å². The van der Waals surface area contributed by atoms with Crippen molar-refractivity contribution in [2.75, 3.05) is 26.8 Å². The second-order valence-corrected chi connectivity index (χ2v) is 6.30. The molecule has 24 heavy (non-hydrogen) atoms. The maximum atomic E-state index is 12.5. The summed E-state index contributed by atoms with van der Waals surface area (Å²) in [4.78, 5) is 12.5. The van der Waals surface area contributed by atoms with Crippen LogP contribution in [-0.2, 0) is 0 Å². The Labute approximate surface area is 154 Å². The molecule has 1 aliphatic heterocycles. The van der Waals surface area contributed by atoms with Gasteiger partial charge >= 0.3 is 0 Å². The first kappa shape index (κ1) is 20.9. The fraction of sp³-hybridized carbons (Fsp3) is 0.588. The topological polar surface area (TPSA) is 59.6 Å². The van der Waals surface area contributed by atoms with Gasteiger partial charge in [-0.25, -0.2) is 0 Å². The van der Waals surface area contributed by atoms with Gasteiger partial charge in [-0.15, -0.1) is 12.4 Å². The van der Waals surface area contributed by atoms with Gasteiger partial charge in [0.2, 0.25) is 0 Å². The van der Waals surface area contributed by atoms with Crippen LogP contribution in [0.15, 0.2) is 12.1 Å². The van der Waals surface area contributed by atoms with E-state index in [0.717, 1.165) is 25.9 Å². The van der Waals surface area contributed by atoms with Crippen molar-refractivity contribution in [3.05, 3.63) is 22.7 Å². The first-order valence-electron chi connectivity index (χ1n) is 8.08. The molecule has 1 aromatic rings. The van der Waals surface area contributed by atoms with E-state index in [-0.39, 0.29) is 24.4 Å². The van der Waals surface area contributed by atoms with E-state index < -0.39 is 0 Å². The predicted molar refractivity (Wildman–Crippen MR) is 98.9 cm³/mol. The van der Waals surface area contributed by atoms with E-state index in [1.165, 1.54) is 0 Å². The number of hydrogen-bond acceptors (Lipinski definition) is 4. The van der Waals surface area contributed by atoms with Crippen LogP contribution in [0.1, 0.15) is 37.0 Å². The van der Waals surface area contributed by atoms with Gasteiger partial charge in [-0.2, -0.15) is 0 Å². The molecule has 0 aromatic heterocycles. The smallest absolute Gasteiger partial charge is 0.251 e. The summed E-state index contributed by atoms with van der Waals surface area (Å²) < 4.78 is 10.9. The van der Waals surface area contributed by atoms with Crippen molar-refractivity contribution in [1.29, 1.82) is 0 Å². The summed E-state index contributed by atoms with van der Waals surface area (Å²) in [5.74, 6) is 1.27.